The molecule has 1 aromatic heterocycles. The lowest BCUT2D eigenvalue weighted by molar-refractivity contribution is -0.384. The minimum Gasteiger partial charge on any atom is -0.451 e. The molecule has 148 valence electrons. The highest BCUT2D eigenvalue weighted by molar-refractivity contribution is 5.97. The number of nitro groups is 1. The molecule has 0 bridgehead atoms. The Kier molecular flexibility index (Phi) is 4.99. The molecule has 1 N–H and O–H groups in total. The van der Waals surface area contributed by atoms with Crippen LogP contribution in [0.4, 0.5) is 11.4 Å². The number of nitrogens with one attached hydrogen (secondary N) is 1. The van der Waals surface area contributed by atoms with Crippen molar-refractivity contribution in [1.82, 2.24) is 5.43 Å². The fourth-order valence-corrected chi connectivity index (χ4v) is 3.55. The van der Waals surface area contributed by atoms with Gasteiger partial charge in [-0.05, 0) is 55.2 Å². The number of carbonyl (C=O) groups excluding carboxylic acids is 1. The summed E-state index contributed by atoms with van der Waals surface area (Å²) in [6, 6.07) is 11.7. The van der Waals surface area contributed by atoms with Gasteiger partial charge in [-0.15, -0.1) is 0 Å². The van der Waals surface area contributed by atoms with Crippen molar-refractivity contribution in [2.75, 3.05) is 18.0 Å². The fraction of sp³-hybridized carbons (Fsp3) is 0.238. The van der Waals surface area contributed by atoms with Crippen LogP contribution in [0.1, 0.15) is 34.5 Å². The number of hydrogen-bond acceptors (Lipinski definition) is 6. The van der Waals surface area contributed by atoms with Gasteiger partial charge in [0.15, 0.2) is 5.76 Å². The number of nitro benzene ring substituents is 1. The molecule has 2 heterocycles. The highest BCUT2D eigenvalue weighted by Gasteiger charge is 2.15. The lowest BCUT2D eigenvalue weighted by atomic mass is 10.1. The zero-order valence-corrected chi connectivity index (χ0v) is 15.9. The quantitative estimate of drug-likeness (QED) is 0.402. The van der Waals surface area contributed by atoms with Crippen LogP contribution in [0.2, 0.25) is 0 Å². The van der Waals surface area contributed by atoms with E-state index in [4.69, 9.17) is 4.42 Å². The van der Waals surface area contributed by atoms with Crippen molar-refractivity contribution < 1.29 is 14.1 Å². The minimum atomic E-state index is -0.523. The molecule has 0 atom stereocenters. The number of rotatable bonds is 5. The third kappa shape index (κ3) is 3.96. The summed E-state index contributed by atoms with van der Waals surface area (Å²) in [6.07, 6.45) is 4.03. The van der Waals surface area contributed by atoms with Crippen LogP contribution in [0.15, 0.2) is 52.0 Å². The van der Waals surface area contributed by atoms with E-state index >= 15 is 0 Å². The predicted molar refractivity (Wildman–Crippen MR) is 111 cm³/mol. The molecular formula is C21H20N4O4. The van der Waals surface area contributed by atoms with Gasteiger partial charge in [0, 0.05) is 36.3 Å². The highest BCUT2D eigenvalue weighted by Crippen LogP contribution is 2.25. The van der Waals surface area contributed by atoms with E-state index in [-0.39, 0.29) is 11.4 Å². The van der Waals surface area contributed by atoms with Crippen LogP contribution in [0.5, 0.6) is 0 Å². The van der Waals surface area contributed by atoms with Gasteiger partial charge in [0.05, 0.1) is 11.1 Å². The van der Waals surface area contributed by atoms with Gasteiger partial charge in [-0.3, -0.25) is 14.9 Å². The molecule has 4 rings (SSSR count). The van der Waals surface area contributed by atoms with Crippen molar-refractivity contribution in [2.24, 2.45) is 5.10 Å². The highest BCUT2D eigenvalue weighted by atomic mass is 16.6. The number of fused-ring (bicyclic) bond motifs is 1. The molecule has 1 aliphatic heterocycles. The van der Waals surface area contributed by atoms with Crippen LogP contribution in [0.25, 0.3) is 11.0 Å². The van der Waals surface area contributed by atoms with E-state index in [1.807, 2.05) is 12.1 Å². The molecule has 2 aromatic carbocycles. The van der Waals surface area contributed by atoms with E-state index in [1.54, 1.807) is 6.21 Å². The summed E-state index contributed by atoms with van der Waals surface area (Å²) < 4.78 is 5.45. The first-order chi connectivity index (χ1) is 14.0. The summed E-state index contributed by atoms with van der Waals surface area (Å²) in [4.78, 5) is 25.0. The summed E-state index contributed by atoms with van der Waals surface area (Å²) in [5.74, 6) is -0.483. The number of nitrogens with zero attached hydrogens (tertiary/aromatic N) is 3. The van der Waals surface area contributed by atoms with Crippen molar-refractivity contribution >= 4 is 34.5 Å². The molecule has 1 amide bonds. The number of aryl methyl sites for hydroxylation is 1. The number of non-ortho nitro benzene ring substituents is 1. The number of furan rings is 1. The van der Waals surface area contributed by atoms with Gasteiger partial charge in [0.1, 0.15) is 5.58 Å². The Morgan fingerprint density at radius 2 is 2.00 bits per heavy atom. The maximum atomic E-state index is 12.3. The molecule has 0 spiro atoms. The summed E-state index contributed by atoms with van der Waals surface area (Å²) in [7, 11) is 0. The van der Waals surface area contributed by atoms with Gasteiger partial charge in [0.25, 0.3) is 5.69 Å². The smallest absolute Gasteiger partial charge is 0.307 e. The molecule has 0 aliphatic carbocycles. The molecule has 0 unspecified atom stereocenters. The van der Waals surface area contributed by atoms with Crippen LogP contribution >= 0.6 is 0 Å². The molecule has 8 heteroatoms. The van der Waals surface area contributed by atoms with Crippen molar-refractivity contribution in [3.8, 4) is 0 Å². The van der Waals surface area contributed by atoms with Crippen LogP contribution in [-0.2, 0) is 0 Å². The number of hydrazone groups is 1. The summed E-state index contributed by atoms with van der Waals surface area (Å²) in [6.45, 7) is 4.24. The topological polar surface area (TPSA) is 101 Å². The number of benzene rings is 2. The van der Waals surface area contributed by atoms with Gasteiger partial charge in [-0.2, -0.15) is 5.10 Å². The largest absolute Gasteiger partial charge is 0.451 e. The van der Waals surface area contributed by atoms with Gasteiger partial charge < -0.3 is 9.32 Å². The van der Waals surface area contributed by atoms with Crippen molar-refractivity contribution in [2.45, 2.75) is 19.8 Å². The van der Waals surface area contributed by atoms with E-state index in [9.17, 15) is 14.9 Å². The molecule has 29 heavy (non-hydrogen) atoms. The molecule has 1 aliphatic rings. The monoisotopic (exact) mass is 392 g/mol. The Hall–Kier alpha value is -3.68. The van der Waals surface area contributed by atoms with E-state index < -0.39 is 10.8 Å². The number of hydrogen-bond donors (Lipinski definition) is 1. The van der Waals surface area contributed by atoms with Gasteiger partial charge >= 0.3 is 5.91 Å². The Balaban J connectivity index is 1.43. The third-order valence-electron chi connectivity index (χ3n) is 4.98. The Morgan fingerprint density at radius 3 is 2.72 bits per heavy atom. The first-order valence-electron chi connectivity index (χ1n) is 9.38. The molecule has 0 saturated carbocycles. The molecular weight excluding hydrogens is 372 g/mol. The Morgan fingerprint density at radius 1 is 1.21 bits per heavy atom. The summed E-state index contributed by atoms with van der Waals surface area (Å²) in [5, 5.41) is 15.3. The van der Waals surface area contributed by atoms with Crippen LogP contribution < -0.4 is 10.3 Å². The molecule has 0 radical (unpaired) electrons. The van der Waals surface area contributed by atoms with Gasteiger partial charge in [-0.1, -0.05) is 6.07 Å². The van der Waals surface area contributed by atoms with Crippen molar-refractivity contribution in [1.29, 1.82) is 0 Å². The molecule has 3 aromatic rings. The van der Waals surface area contributed by atoms with Gasteiger partial charge in [-0.25, -0.2) is 5.43 Å². The zero-order chi connectivity index (χ0) is 20.4. The summed E-state index contributed by atoms with van der Waals surface area (Å²) in [5.41, 5.74) is 6.05. The van der Waals surface area contributed by atoms with Gasteiger partial charge in [0.2, 0.25) is 0 Å². The van der Waals surface area contributed by atoms with Crippen LogP contribution in [-0.4, -0.2) is 30.1 Å². The molecule has 1 fully saturated rings. The first kappa shape index (κ1) is 18.7. The summed E-state index contributed by atoms with van der Waals surface area (Å²) >= 11 is 0. The van der Waals surface area contributed by atoms with E-state index in [1.165, 1.54) is 48.4 Å². The Bertz CT molecular complexity index is 1110. The molecule has 8 nitrogen and oxygen atoms in total. The normalized spacial score (nSPS) is 14.0. The lowest BCUT2D eigenvalue weighted by Gasteiger charge is -2.20. The average molecular weight is 392 g/mol. The number of carbonyl (C=O) groups is 1. The third-order valence-corrected chi connectivity index (χ3v) is 4.98. The average Bonchev–Trinajstić information content (AvgIpc) is 3.37. The lowest BCUT2D eigenvalue weighted by Crippen LogP contribution is -2.18. The second-order valence-electron chi connectivity index (χ2n) is 7.03. The minimum absolute atomic E-state index is 0.0400. The van der Waals surface area contributed by atoms with Crippen molar-refractivity contribution in [3.05, 3.63) is 69.5 Å². The number of amides is 1. The maximum absolute atomic E-state index is 12.3. The fourth-order valence-electron chi connectivity index (χ4n) is 3.55. The van der Waals surface area contributed by atoms with Crippen molar-refractivity contribution in [3.63, 3.8) is 0 Å². The standard InChI is InChI=1S/C21H20N4O4/c1-14-10-15(4-6-18(14)24-8-2-3-9-24)13-22-23-21(26)20-12-16-11-17(25(27)28)5-7-19(16)29-20/h4-7,10-13H,2-3,8-9H2,1H3,(H,23,26)/b22-13+. The SMILES string of the molecule is Cc1cc(/C=N/NC(=O)c2cc3cc([N+](=O)[O-])ccc3o2)ccc1N1CCCC1. The first-order valence-corrected chi connectivity index (χ1v) is 9.38. The Labute approximate surface area is 167 Å². The van der Waals surface area contributed by atoms with Crippen LogP contribution in [0, 0.1) is 17.0 Å². The zero-order valence-electron chi connectivity index (χ0n) is 15.9. The van der Waals surface area contributed by atoms with E-state index in [0.717, 1.165) is 18.7 Å². The maximum Gasteiger partial charge on any atom is 0.307 e. The molecule has 1 saturated heterocycles. The second-order valence-corrected chi connectivity index (χ2v) is 7.03. The number of anilines is 1. The predicted octanol–water partition coefficient (Wildman–Crippen LogP) is 4.01. The van der Waals surface area contributed by atoms with E-state index in [2.05, 4.69) is 28.4 Å². The van der Waals surface area contributed by atoms with Crippen LogP contribution in [0.3, 0.4) is 0 Å². The second kappa shape index (κ2) is 7.75. The van der Waals surface area contributed by atoms with E-state index in [0.29, 0.717) is 11.0 Å².